The van der Waals surface area contributed by atoms with E-state index in [9.17, 15) is 4.79 Å². The predicted octanol–water partition coefficient (Wildman–Crippen LogP) is 4.99. The van der Waals surface area contributed by atoms with Gasteiger partial charge in [-0.2, -0.15) is 0 Å². The number of anilines is 1. The molecule has 1 amide bonds. The lowest BCUT2D eigenvalue weighted by molar-refractivity contribution is -0.132. The standard InChI is InChI=1S/C21H34N2O/c1-15(2)18-9-6-10-19(16(3)4)21(18)22-12-11-20(24)23-13-7-8-17(5)14-23/h6,9-10,15-17,22H,7-8,11-14H2,1-5H3. The van der Waals surface area contributed by atoms with E-state index in [1.165, 1.54) is 23.2 Å². The van der Waals surface area contributed by atoms with Crippen LogP contribution in [0.2, 0.25) is 0 Å². The van der Waals surface area contributed by atoms with E-state index < -0.39 is 0 Å². The number of hydrogen-bond donors (Lipinski definition) is 1. The van der Waals surface area contributed by atoms with Crippen molar-refractivity contribution in [3.05, 3.63) is 29.3 Å². The number of benzene rings is 1. The van der Waals surface area contributed by atoms with Crippen LogP contribution in [0.5, 0.6) is 0 Å². The van der Waals surface area contributed by atoms with E-state index in [0.717, 1.165) is 19.5 Å². The molecule has 1 aromatic rings. The number of rotatable bonds is 6. The van der Waals surface area contributed by atoms with E-state index in [4.69, 9.17) is 0 Å². The summed E-state index contributed by atoms with van der Waals surface area (Å²) in [6, 6.07) is 6.55. The Labute approximate surface area is 147 Å². The van der Waals surface area contributed by atoms with Gasteiger partial charge in [0.05, 0.1) is 0 Å². The molecule has 1 aliphatic rings. The van der Waals surface area contributed by atoms with E-state index >= 15 is 0 Å². The predicted molar refractivity (Wildman–Crippen MR) is 103 cm³/mol. The molecule has 2 rings (SSSR count). The number of carbonyl (C=O) groups is 1. The first kappa shape index (κ1) is 18.8. The monoisotopic (exact) mass is 330 g/mol. The van der Waals surface area contributed by atoms with Gasteiger partial charge in [0.2, 0.25) is 5.91 Å². The Morgan fingerprint density at radius 3 is 2.38 bits per heavy atom. The minimum absolute atomic E-state index is 0.294. The molecule has 134 valence electrons. The van der Waals surface area contributed by atoms with Gasteiger partial charge in [0.25, 0.3) is 0 Å². The number of carbonyl (C=O) groups excluding carboxylic acids is 1. The molecule has 0 aliphatic carbocycles. The zero-order chi connectivity index (χ0) is 17.7. The minimum atomic E-state index is 0.294. The number of likely N-dealkylation sites (tertiary alicyclic amines) is 1. The Bertz CT molecular complexity index is 525. The van der Waals surface area contributed by atoms with Crippen molar-refractivity contribution in [3.63, 3.8) is 0 Å². The number of para-hydroxylation sites is 1. The molecule has 0 saturated carbocycles. The highest BCUT2D eigenvalue weighted by atomic mass is 16.2. The summed E-state index contributed by atoms with van der Waals surface area (Å²) in [6.45, 7) is 13.7. The molecule has 1 unspecified atom stereocenters. The van der Waals surface area contributed by atoms with Crippen LogP contribution in [0.4, 0.5) is 5.69 Å². The molecule has 3 heteroatoms. The first-order chi connectivity index (χ1) is 11.4. The van der Waals surface area contributed by atoms with E-state index in [2.05, 4.69) is 58.1 Å². The second kappa shape index (κ2) is 8.55. The second-order valence-corrected chi connectivity index (χ2v) is 7.88. The van der Waals surface area contributed by atoms with Gasteiger partial charge in [-0.3, -0.25) is 4.79 Å². The molecule has 0 bridgehead atoms. The van der Waals surface area contributed by atoms with Crippen molar-refractivity contribution in [1.29, 1.82) is 0 Å². The quantitative estimate of drug-likeness (QED) is 0.796. The van der Waals surface area contributed by atoms with Crippen molar-refractivity contribution >= 4 is 11.6 Å². The molecule has 3 nitrogen and oxygen atoms in total. The molecular formula is C21H34N2O. The van der Waals surface area contributed by atoms with Gasteiger partial charge in [0, 0.05) is 31.7 Å². The normalized spacial score (nSPS) is 18.3. The first-order valence-electron chi connectivity index (χ1n) is 9.54. The highest BCUT2D eigenvalue weighted by Crippen LogP contribution is 2.32. The fourth-order valence-corrected chi connectivity index (χ4v) is 3.62. The van der Waals surface area contributed by atoms with Crippen LogP contribution < -0.4 is 5.32 Å². The van der Waals surface area contributed by atoms with Crippen LogP contribution >= 0.6 is 0 Å². The van der Waals surface area contributed by atoms with Crippen molar-refractivity contribution < 1.29 is 4.79 Å². The topological polar surface area (TPSA) is 32.3 Å². The summed E-state index contributed by atoms with van der Waals surface area (Å²) in [6.07, 6.45) is 2.98. The molecule has 0 radical (unpaired) electrons. The average Bonchev–Trinajstić information content (AvgIpc) is 2.54. The van der Waals surface area contributed by atoms with Gasteiger partial charge in [-0.1, -0.05) is 52.8 Å². The number of nitrogens with zero attached hydrogens (tertiary/aromatic N) is 1. The summed E-state index contributed by atoms with van der Waals surface area (Å²) in [4.78, 5) is 14.5. The van der Waals surface area contributed by atoms with Gasteiger partial charge in [-0.15, -0.1) is 0 Å². The van der Waals surface area contributed by atoms with Crippen LogP contribution in [-0.4, -0.2) is 30.4 Å². The summed E-state index contributed by atoms with van der Waals surface area (Å²) in [5.74, 6) is 1.89. The molecule has 1 heterocycles. The summed E-state index contributed by atoms with van der Waals surface area (Å²) in [5.41, 5.74) is 3.93. The highest BCUT2D eigenvalue weighted by Gasteiger charge is 2.20. The van der Waals surface area contributed by atoms with Crippen molar-refractivity contribution in [1.82, 2.24) is 4.90 Å². The van der Waals surface area contributed by atoms with Crippen molar-refractivity contribution in [2.75, 3.05) is 25.0 Å². The van der Waals surface area contributed by atoms with Gasteiger partial charge in [0.1, 0.15) is 0 Å². The Hall–Kier alpha value is -1.51. The number of piperidine rings is 1. The third-order valence-electron chi connectivity index (χ3n) is 5.02. The summed E-state index contributed by atoms with van der Waals surface area (Å²) < 4.78 is 0. The van der Waals surface area contributed by atoms with Crippen LogP contribution in [0.25, 0.3) is 0 Å². The molecular weight excluding hydrogens is 296 g/mol. The molecule has 0 aromatic heterocycles. The lowest BCUT2D eigenvalue weighted by atomic mass is 9.92. The van der Waals surface area contributed by atoms with Gasteiger partial charge in [0.15, 0.2) is 0 Å². The Morgan fingerprint density at radius 1 is 1.21 bits per heavy atom. The fraction of sp³-hybridized carbons (Fsp3) is 0.667. The van der Waals surface area contributed by atoms with Crippen LogP contribution in [0.3, 0.4) is 0 Å². The van der Waals surface area contributed by atoms with E-state index in [1.807, 2.05) is 4.90 Å². The summed E-state index contributed by atoms with van der Waals surface area (Å²) in [7, 11) is 0. The third kappa shape index (κ3) is 4.75. The SMILES string of the molecule is CC1CCCN(C(=O)CCNc2c(C(C)C)cccc2C(C)C)C1. The maximum absolute atomic E-state index is 12.5. The van der Waals surface area contributed by atoms with E-state index in [-0.39, 0.29) is 0 Å². The molecule has 1 aromatic carbocycles. The molecule has 1 saturated heterocycles. The van der Waals surface area contributed by atoms with Crippen LogP contribution in [0.1, 0.15) is 76.8 Å². The molecule has 1 aliphatic heterocycles. The zero-order valence-electron chi connectivity index (χ0n) is 16.1. The largest absolute Gasteiger partial charge is 0.384 e. The van der Waals surface area contributed by atoms with Crippen molar-refractivity contribution in [2.24, 2.45) is 5.92 Å². The van der Waals surface area contributed by atoms with Crippen molar-refractivity contribution in [2.45, 2.75) is 65.7 Å². The Kier molecular flexibility index (Phi) is 6.70. The van der Waals surface area contributed by atoms with Crippen LogP contribution in [0, 0.1) is 5.92 Å². The van der Waals surface area contributed by atoms with E-state index in [1.54, 1.807) is 0 Å². The summed E-state index contributed by atoms with van der Waals surface area (Å²) >= 11 is 0. The zero-order valence-corrected chi connectivity index (χ0v) is 16.1. The van der Waals surface area contributed by atoms with Crippen LogP contribution in [-0.2, 0) is 4.79 Å². The van der Waals surface area contributed by atoms with Gasteiger partial charge < -0.3 is 10.2 Å². The fourth-order valence-electron chi connectivity index (χ4n) is 3.62. The lowest BCUT2D eigenvalue weighted by Crippen LogP contribution is -2.39. The number of amides is 1. The second-order valence-electron chi connectivity index (χ2n) is 7.88. The minimum Gasteiger partial charge on any atom is -0.384 e. The summed E-state index contributed by atoms with van der Waals surface area (Å²) in [5, 5.41) is 3.58. The molecule has 1 fully saturated rings. The van der Waals surface area contributed by atoms with E-state index in [0.29, 0.717) is 36.6 Å². The number of hydrogen-bond acceptors (Lipinski definition) is 2. The highest BCUT2D eigenvalue weighted by molar-refractivity contribution is 5.77. The first-order valence-corrected chi connectivity index (χ1v) is 9.54. The smallest absolute Gasteiger partial charge is 0.224 e. The maximum Gasteiger partial charge on any atom is 0.224 e. The van der Waals surface area contributed by atoms with Gasteiger partial charge in [-0.25, -0.2) is 0 Å². The molecule has 1 N–H and O–H groups in total. The Morgan fingerprint density at radius 2 is 1.83 bits per heavy atom. The lowest BCUT2D eigenvalue weighted by Gasteiger charge is -2.31. The van der Waals surface area contributed by atoms with Crippen LogP contribution in [0.15, 0.2) is 18.2 Å². The Balaban J connectivity index is 1.99. The van der Waals surface area contributed by atoms with Crippen molar-refractivity contribution in [3.8, 4) is 0 Å². The third-order valence-corrected chi connectivity index (χ3v) is 5.02. The number of nitrogens with one attached hydrogen (secondary N) is 1. The van der Waals surface area contributed by atoms with Gasteiger partial charge >= 0.3 is 0 Å². The van der Waals surface area contributed by atoms with Gasteiger partial charge in [-0.05, 0) is 41.7 Å². The molecule has 0 spiro atoms. The molecule has 1 atom stereocenters. The maximum atomic E-state index is 12.5. The molecule has 24 heavy (non-hydrogen) atoms. The average molecular weight is 331 g/mol.